The predicted octanol–water partition coefficient (Wildman–Crippen LogP) is 2.92. The largest absolute Gasteiger partial charge is 0.494 e. The lowest BCUT2D eigenvalue weighted by Gasteiger charge is -2.29. The zero-order valence-corrected chi connectivity index (χ0v) is 13.4. The predicted molar refractivity (Wildman–Crippen MR) is 83.5 cm³/mol. The Balaban J connectivity index is 2.22. The van der Waals surface area contributed by atoms with Gasteiger partial charge in [-0.3, -0.25) is 9.78 Å². The van der Waals surface area contributed by atoms with E-state index in [1.165, 1.54) is 19.5 Å². The van der Waals surface area contributed by atoms with E-state index >= 15 is 0 Å². The summed E-state index contributed by atoms with van der Waals surface area (Å²) in [6, 6.07) is 0. The van der Waals surface area contributed by atoms with Gasteiger partial charge in [-0.25, -0.2) is 0 Å². The Morgan fingerprint density at radius 2 is 1.95 bits per heavy atom. The SMILES string of the molecule is COc1cncc(OCC2=C(C(C)(C)O)CCCC2)c1C=O. The van der Waals surface area contributed by atoms with Gasteiger partial charge in [-0.05, 0) is 50.7 Å². The van der Waals surface area contributed by atoms with E-state index in [-0.39, 0.29) is 0 Å². The van der Waals surface area contributed by atoms with Gasteiger partial charge in [0.15, 0.2) is 17.8 Å². The minimum absolute atomic E-state index is 0.356. The average Bonchev–Trinajstić information content (AvgIpc) is 2.51. The molecule has 0 aromatic carbocycles. The molecule has 2 rings (SSSR count). The summed E-state index contributed by atoms with van der Waals surface area (Å²) in [6.07, 6.45) is 7.69. The van der Waals surface area contributed by atoms with Crippen LogP contribution in [0, 0.1) is 0 Å². The molecule has 120 valence electrons. The van der Waals surface area contributed by atoms with Gasteiger partial charge in [-0.1, -0.05) is 0 Å². The third-order valence-electron chi connectivity index (χ3n) is 3.97. The molecule has 5 nitrogen and oxygen atoms in total. The zero-order chi connectivity index (χ0) is 16.2. The van der Waals surface area contributed by atoms with E-state index in [0.29, 0.717) is 30.0 Å². The Kier molecular flexibility index (Phi) is 5.19. The number of hydrogen-bond donors (Lipinski definition) is 1. The second-order valence-electron chi connectivity index (χ2n) is 6.01. The van der Waals surface area contributed by atoms with Crippen LogP contribution in [-0.4, -0.2) is 35.7 Å². The van der Waals surface area contributed by atoms with Gasteiger partial charge in [-0.15, -0.1) is 0 Å². The number of aromatic nitrogens is 1. The molecule has 1 aliphatic carbocycles. The maximum Gasteiger partial charge on any atom is 0.157 e. The molecule has 0 bridgehead atoms. The van der Waals surface area contributed by atoms with Gasteiger partial charge in [0.1, 0.15) is 12.2 Å². The molecule has 0 saturated carbocycles. The van der Waals surface area contributed by atoms with Crippen LogP contribution in [0.2, 0.25) is 0 Å². The lowest BCUT2D eigenvalue weighted by atomic mass is 9.83. The lowest BCUT2D eigenvalue weighted by molar-refractivity contribution is 0.109. The molecule has 0 radical (unpaired) electrons. The van der Waals surface area contributed by atoms with Gasteiger partial charge in [0, 0.05) is 0 Å². The number of hydrogen-bond acceptors (Lipinski definition) is 5. The lowest BCUT2D eigenvalue weighted by Crippen LogP contribution is -2.27. The molecule has 1 heterocycles. The van der Waals surface area contributed by atoms with Crippen molar-refractivity contribution in [3.63, 3.8) is 0 Å². The number of rotatable bonds is 6. The third-order valence-corrected chi connectivity index (χ3v) is 3.97. The smallest absolute Gasteiger partial charge is 0.157 e. The molecule has 0 fully saturated rings. The van der Waals surface area contributed by atoms with Crippen molar-refractivity contribution in [1.82, 2.24) is 4.98 Å². The minimum atomic E-state index is -0.834. The van der Waals surface area contributed by atoms with Crippen LogP contribution in [0.25, 0.3) is 0 Å². The first-order valence-corrected chi connectivity index (χ1v) is 7.51. The summed E-state index contributed by atoms with van der Waals surface area (Å²) in [5, 5.41) is 10.3. The van der Waals surface area contributed by atoms with Crippen LogP contribution in [0.3, 0.4) is 0 Å². The van der Waals surface area contributed by atoms with Gasteiger partial charge in [0.25, 0.3) is 0 Å². The molecule has 1 aliphatic rings. The molecule has 1 aromatic heterocycles. The van der Waals surface area contributed by atoms with E-state index in [1.54, 1.807) is 13.8 Å². The molecule has 1 N–H and O–H groups in total. The summed E-state index contributed by atoms with van der Waals surface area (Å²) in [7, 11) is 1.49. The number of pyridine rings is 1. The second-order valence-corrected chi connectivity index (χ2v) is 6.01. The summed E-state index contributed by atoms with van der Waals surface area (Å²) < 4.78 is 10.9. The molecule has 0 amide bonds. The number of aliphatic hydroxyl groups is 1. The van der Waals surface area contributed by atoms with Crippen LogP contribution in [-0.2, 0) is 0 Å². The fraction of sp³-hybridized carbons (Fsp3) is 0.529. The normalized spacial score (nSPS) is 15.6. The first kappa shape index (κ1) is 16.5. The van der Waals surface area contributed by atoms with E-state index in [2.05, 4.69) is 4.98 Å². The standard InChI is InChI=1S/C17H23NO4/c1-17(2,20)14-7-5-4-6-12(14)11-22-16-9-18-8-15(21-3)13(16)10-19/h8-10,20H,4-7,11H2,1-3H3. The van der Waals surface area contributed by atoms with Gasteiger partial charge >= 0.3 is 0 Å². The third kappa shape index (κ3) is 3.65. The van der Waals surface area contributed by atoms with Crippen LogP contribution in [0.4, 0.5) is 0 Å². The van der Waals surface area contributed by atoms with Crippen LogP contribution in [0.5, 0.6) is 11.5 Å². The molecule has 1 aromatic rings. The molecular weight excluding hydrogens is 282 g/mol. The molecule has 5 heteroatoms. The average molecular weight is 305 g/mol. The summed E-state index contributed by atoms with van der Waals surface area (Å²) in [5.41, 5.74) is 1.68. The highest BCUT2D eigenvalue weighted by molar-refractivity contribution is 5.83. The van der Waals surface area contributed by atoms with Crippen molar-refractivity contribution in [1.29, 1.82) is 0 Å². The highest BCUT2D eigenvalue weighted by Crippen LogP contribution is 2.33. The second kappa shape index (κ2) is 6.92. The monoisotopic (exact) mass is 305 g/mol. The fourth-order valence-electron chi connectivity index (χ4n) is 2.86. The number of ether oxygens (including phenoxy) is 2. The maximum atomic E-state index is 11.2. The first-order valence-electron chi connectivity index (χ1n) is 7.51. The summed E-state index contributed by atoms with van der Waals surface area (Å²) in [4.78, 5) is 15.3. The number of aldehydes is 1. The van der Waals surface area contributed by atoms with Crippen molar-refractivity contribution in [3.8, 4) is 11.5 Å². The minimum Gasteiger partial charge on any atom is -0.494 e. The van der Waals surface area contributed by atoms with Crippen molar-refractivity contribution >= 4 is 6.29 Å². The molecule has 0 unspecified atom stereocenters. The molecule has 0 saturated heterocycles. The van der Waals surface area contributed by atoms with Gasteiger partial charge in [-0.2, -0.15) is 0 Å². The van der Waals surface area contributed by atoms with Gasteiger partial charge < -0.3 is 14.6 Å². The number of carbonyl (C=O) groups excluding carboxylic acids is 1. The highest BCUT2D eigenvalue weighted by atomic mass is 16.5. The van der Waals surface area contributed by atoms with Gasteiger partial charge in [0.05, 0.1) is 25.1 Å². The van der Waals surface area contributed by atoms with Crippen molar-refractivity contribution in [2.45, 2.75) is 45.1 Å². The van der Waals surface area contributed by atoms with Crippen LogP contribution < -0.4 is 9.47 Å². The summed E-state index contributed by atoms with van der Waals surface area (Å²) in [5.74, 6) is 0.801. The van der Waals surface area contributed by atoms with Crippen molar-refractivity contribution < 1.29 is 19.4 Å². The van der Waals surface area contributed by atoms with Crippen LogP contribution >= 0.6 is 0 Å². The molecule has 0 atom stereocenters. The molecule has 22 heavy (non-hydrogen) atoms. The first-order chi connectivity index (χ1) is 10.5. The quantitative estimate of drug-likeness (QED) is 0.646. The Bertz CT molecular complexity index is 573. The van der Waals surface area contributed by atoms with Crippen molar-refractivity contribution in [2.24, 2.45) is 0 Å². The molecule has 0 aliphatic heterocycles. The van der Waals surface area contributed by atoms with E-state index in [1.807, 2.05) is 0 Å². The maximum absolute atomic E-state index is 11.2. The van der Waals surface area contributed by atoms with E-state index in [9.17, 15) is 9.90 Å². The number of methoxy groups -OCH3 is 1. The number of nitrogens with zero attached hydrogens (tertiary/aromatic N) is 1. The van der Waals surface area contributed by atoms with E-state index in [4.69, 9.17) is 9.47 Å². The van der Waals surface area contributed by atoms with E-state index in [0.717, 1.165) is 36.8 Å². The van der Waals surface area contributed by atoms with Crippen LogP contribution in [0.1, 0.15) is 49.9 Å². The van der Waals surface area contributed by atoms with Gasteiger partial charge in [0.2, 0.25) is 0 Å². The molecule has 0 spiro atoms. The Morgan fingerprint density at radius 1 is 1.27 bits per heavy atom. The van der Waals surface area contributed by atoms with E-state index < -0.39 is 5.60 Å². The fourth-order valence-corrected chi connectivity index (χ4v) is 2.86. The molecular formula is C17H23NO4. The van der Waals surface area contributed by atoms with Crippen molar-refractivity contribution in [3.05, 3.63) is 29.1 Å². The van der Waals surface area contributed by atoms with Crippen molar-refractivity contribution in [2.75, 3.05) is 13.7 Å². The van der Waals surface area contributed by atoms with Crippen LogP contribution in [0.15, 0.2) is 23.5 Å². The summed E-state index contributed by atoms with van der Waals surface area (Å²) in [6.45, 7) is 3.96. The zero-order valence-electron chi connectivity index (χ0n) is 13.4. The topological polar surface area (TPSA) is 68.7 Å². The Morgan fingerprint density at radius 3 is 2.59 bits per heavy atom. The number of carbonyl (C=O) groups is 1. The highest BCUT2D eigenvalue weighted by Gasteiger charge is 2.25. The Hall–Kier alpha value is -1.88. The Labute approximate surface area is 131 Å². The summed E-state index contributed by atoms with van der Waals surface area (Å²) >= 11 is 0.